The number of ether oxygens (including phenoxy) is 2. The summed E-state index contributed by atoms with van der Waals surface area (Å²) < 4.78 is 10.5. The fourth-order valence-electron chi connectivity index (χ4n) is 1.43. The van der Waals surface area contributed by atoms with Crippen molar-refractivity contribution in [2.45, 2.75) is 6.42 Å². The van der Waals surface area contributed by atoms with Gasteiger partial charge in [-0.3, -0.25) is 4.79 Å². The highest BCUT2D eigenvalue weighted by Crippen LogP contribution is 2.36. The number of nitrogens with one attached hydrogen (secondary N) is 1. The molecule has 6 heteroatoms. The van der Waals surface area contributed by atoms with E-state index < -0.39 is 0 Å². The molecule has 0 aliphatic carbocycles. The quantitative estimate of drug-likeness (QED) is 0.809. The molecule has 5 nitrogen and oxygen atoms in total. The molecule has 1 aromatic carbocycles. The molecule has 0 fully saturated rings. The number of nitrogens with two attached hydrogens (primary N) is 1. The van der Waals surface area contributed by atoms with Crippen LogP contribution in [0.2, 0.25) is 5.02 Å². The summed E-state index contributed by atoms with van der Waals surface area (Å²) in [6, 6.07) is 3.56. The molecule has 0 bridgehead atoms. The van der Waals surface area contributed by atoms with Gasteiger partial charge in [0.25, 0.3) is 5.91 Å². The van der Waals surface area contributed by atoms with Crippen LogP contribution in [0.5, 0.6) is 11.5 Å². The lowest BCUT2D eigenvalue weighted by atomic mass is 10.1. The highest BCUT2D eigenvalue weighted by atomic mass is 35.5. The number of carbonyl (C=O) groups excluding carboxylic acids is 1. The molecule has 0 heterocycles. The molecule has 0 saturated carbocycles. The summed E-state index contributed by atoms with van der Waals surface area (Å²) in [5.74, 6) is 0.623. The monoisotopic (exact) mass is 272 g/mol. The minimum absolute atomic E-state index is 0.108. The molecular formula is C12H17ClN2O3. The van der Waals surface area contributed by atoms with Crippen LogP contribution < -0.4 is 20.5 Å². The second-order valence-corrected chi connectivity index (χ2v) is 4.02. The molecule has 18 heavy (non-hydrogen) atoms. The Morgan fingerprint density at radius 1 is 1.50 bits per heavy atom. The van der Waals surface area contributed by atoms with Gasteiger partial charge in [-0.2, -0.15) is 0 Å². The van der Waals surface area contributed by atoms with Gasteiger partial charge in [0.2, 0.25) is 0 Å². The first-order valence-electron chi connectivity index (χ1n) is 5.52. The van der Waals surface area contributed by atoms with Crippen molar-refractivity contribution in [1.82, 2.24) is 5.32 Å². The first-order valence-corrected chi connectivity index (χ1v) is 5.90. The van der Waals surface area contributed by atoms with Crippen LogP contribution in [-0.4, -0.2) is 33.2 Å². The van der Waals surface area contributed by atoms with Gasteiger partial charge in [0, 0.05) is 7.05 Å². The third-order valence-electron chi connectivity index (χ3n) is 2.35. The summed E-state index contributed by atoms with van der Waals surface area (Å²) in [4.78, 5) is 11.1. The van der Waals surface area contributed by atoms with Gasteiger partial charge in [-0.15, -0.1) is 0 Å². The number of halogens is 1. The smallest absolute Gasteiger partial charge is 0.257 e. The van der Waals surface area contributed by atoms with Crippen molar-refractivity contribution >= 4 is 17.5 Å². The zero-order chi connectivity index (χ0) is 13.5. The number of carbonyl (C=O) groups is 1. The van der Waals surface area contributed by atoms with Crippen LogP contribution in [0.4, 0.5) is 0 Å². The maximum atomic E-state index is 11.1. The van der Waals surface area contributed by atoms with E-state index in [1.807, 2.05) is 0 Å². The van der Waals surface area contributed by atoms with Crippen LogP contribution in [0.3, 0.4) is 0 Å². The summed E-state index contributed by atoms with van der Waals surface area (Å²) in [6.07, 6.45) is 0.700. The highest BCUT2D eigenvalue weighted by molar-refractivity contribution is 6.32. The topological polar surface area (TPSA) is 73.6 Å². The zero-order valence-electron chi connectivity index (χ0n) is 10.5. The van der Waals surface area contributed by atoms with E-state index in [0.29, 0.717) is 29.5 Å². The molecule has 0 saturated heterocycles. The van der Waals surface area contributed by atoms with E-state index in [9.17, 15) is 4.79 Å². The Balaban J connectivity index is 2.92. The Hall–Kier alpha value is -1.46. The highest BCUT2D eigenvalue weighted by Gasteiger charge is 2.13. The lowest BCUT2D eigenvalue weighted by molar-refractivity contribution is -0.122. The standard InChI is InChI=1S/C12H17ClN2O3/c1-15-11(16)7-18-12-9(13)5-8(3-4-14)6-10(12)17-2/h5-6H,3-4,7,14H2,1-2H3,(H,15,16). The molecule has 0 atom stereocenters. The third-order valence-corrected chi connectivity index (χ3v) is 2.63. The lowest BCUT2D eigenvalue weighted by Gasteiger charge is -2.13. The van der Waals surface area contributed by atoms with Crippen molar-refractivity contribution in [2.24, 2.45) is 5.73 Å². The van der Waals surface area contributed by atoms with Crippen LogP contribution in [0.15, 0.2) is 12.1 Å². The van der Waals surface area contributed by atoms with Gasteiger partial charge in [0.15, 0.2) is 18.1 Å². The maximum Gasteiger partial charge on any atom is 0.257 e. The summed E-state index contributed by atoms with van der Waals surface area (Å²) in [7, 11) is 3.06. The van der Waals surface area contributed by atoms with E-state index >= 15 is 0 Å². The maximum absolute atomic E-state index is 11.1. The van der Waals surface area contributed by atoms with Crippen LogP contribution in [-0.2, 0) is 11.2 Å². The Bertz CT molecular complexity index is 424. The van der Waals surface area contributed by atoms with E-state index in [0.717, 1.165) is 5.56 Å². The number of hydrogen-bond donors (Lipinski definition) is 2. The number of methoxy groups -OCH3 is 1. The van der Waals surface area contributed by atoms with Gasteiger partial charge in [0.1, 0.15) is 0 Å². The van der Waals surface area contributed by atoms with E-state index in [1.165, 1.54) is 14.2 Å². The fraction of sp³-hybridized carbons (Fsp3) is 0.417. The van der Waals surface area contributed by atoms with E-state index in [4.69, 9.17) is 26.8 Å². The average Bonchev–Trinajstić information content (AvgIpc) is 2.36. The van der Waals surface area contributed by atoms with E-state index in [-0.39, 0.29) is 12.5 Å². The molecule has 0 aromatic heterocycles. The first-order chi connectivity index (χ1) is 8.62. The van der Waals surface area contributed by atoms with Gasteiger partial charge in [-0.25, -0.2) is 0 Å². The van der Waals surface area contributed by atoms with Crippen LogP contribution >= 0.6 is 11.6 Å². The number of hydrogen-bond acceptors (Lipinski definition) is 4. The molecule has 1 amide bonds. The molecular weight excluding hydrogens is 256 g/mol. The summed E-state index contributed by atoms with van der Waals surface area (Å²) in [5.41, 5.74) is 6.45. The van der Waals surface area contributed by atoms with Crippen molar-refractivity contribution in [3.63, 3.8) is 0 Å². The largest absolute Gasteiger partial charge is 0.493 e. The van der Waals surface area contributed by atoms with Gasteiger partial charge >= 0.3 is 0 Å². The first kappa shape index (κ1) is 14.6. The fourth-order valence-corrected chi connectivity index (χ4v) is 1.72. The van der Waals surface area contributed by atoms with E-state index in [1.54, 1.807) is 12.1 Å². The Kier molecular flexibility index (Phi) is 5.74. The summed E-state index contributed by atoms with van der Waals surface area (Å²) >= 11 is 6.10. The predicted octanol–water partition coefficient (Wildman–Crippen LogP) is 0.975. The number of likely N-dealkylation sites (N-methyl/N-ethyl adjacent to an activating group) is 1. The van der Waals surface area contributed by atoms with Crippen molar-refractivity contribution in [3.8, 4) is 11.5 Å². The molecule has 0 radical (unpaired) electrons. The molecule has 3 N–H and O–H groups in total. The summed E-state index contributed by atoms with van der Waals surface area (Å²) in [5, 5.41) is 2.86. The van der Waals surface area contributed by atoms with Crippen molar-refractivity contribution in [1.29, 1.82) is 0 Å². The predicted molar refractivity (Wildman–Crippen MR) is 70.3 cm³/mol. The number of benzene rings is 1. The Morgan fingerprint density at radius 2 is 2.22 bits per heavy atom. The minimum atomic E-state index is -0.237. The SMILES string of the molecule is CNC(=O)COc1c(Cl)cc(CCN)cc1OC. The van der Waals surface area contributed by atoms with Crippen molar-refractivity contribution < 1.29 is 14.3 Å². The van der Waals surface area contributed by atoms with Gasteiger partial charge in [0.05, 0.1) is 12.1 Å². The van der Waals surface area contributed by atoms with Gasteiger partial charge < -0.3 is 20.5 Å². The van der Waals surface area contributed by atoms with Crippen LogP contribution in [0, 0.1) is 0 Å². The second-order valence-electron chi connectivity index (χ2n) is 3.61. The van der Waals surface area contributed by atoms with Gasteiger partial charge in [-0.05, 0) is 30.7 Å². The van der Waals surface area contributed by atoms with Crippen molar-refractivity contribution in [3.05, 3.63) is 22.7 Å². The molecule has 0 unspecified atom stereocenters. The number of amides is 1. The lowest BCUT2D eigenvalue weighted by Crippen LogP contribution is -2.25. The molecule has 0 aliphatic rings. The minimum Gasteiger partial charge on any atom is -0.493 e. The van der Waals surface area contributed by atoms with Gasteiger partial charge in [-0.1, -0.05) is 11.6 Å². The normalized spacial score (nSPS) is 10.0. The second kappa shape index (κ2) is 7.08. The zero-order valence-corrected chi connectivity index (χ0v) is 11.2. The summed E-state index contributed by atoms with van der Waals surface area (Å²) in [6.45, 7) is 0.417. The molecule has 0 spiro atoms. The van der Waals surface area contributed by atoms with Crippen molar-refractivity contribution in [2.75, 3.05) is 27.3 Å². The molecule has 100 valence electrons. The Labute approximate surface area is 111 Å². The molecule has 1 rings (SSSR count). The Morgan fingerprint density at radius 3 is 2.78 bits per heavy atom. The molecule has 0 aliphatic heterocycles. The average molecular weight is 273 g/mol. The van der Waals surface area contributed by atoms with Crippen LogP contribution in [0.25, 0.3) is 0 Å². The van der Waals surface area contributed by atoms with E-state index in [2.05, 4.69) is 5.32 Å². The molecule has 1 aromatic rings. The van der Waals surface area contributed by atoms with Crippen LogP contribution in [0.1, 0.15) is 5.56 Å². The third kappa shape index (κ3) is 3.78. The number of rotatable bonds is 6.